The van der Waals surface area contributed by atoms with Crippen molar-refractivity contribution in [2.75, 3.05) is 32.1 Å². The standard InChI is InChI=1S/C31H35ClN4O2/c1-23(32)31(38)36(21-24-9-5-4-6-10-24)22-30(37)35(20-25-13-15-27(16-14-25)34(2)3)18-17-26-19-33-29-12-8-7-11-28(26)29/h4-16,19,23,33H,17-18,20-22H2,1-3H3. The molecule has 3 aromatic carbocycles. The summed E-state index contributed by atoms with van der Waals surface area (Å²) < 4.78 is 0. The summed E-state index contributed by atoms with van der Waals surface area (Å²) in [5.41, 5.74) is 5.33. The number of fused-ring (bicyclic) bond motifs is 1. The van der Waals surface area contributed by atoms with Gasteiger partial charge in [-0.1, -0.05) is 60.7 Å². The first-order chi connectivity index (χ1) is 18.3. The Hall–Kier alpha value is -3.77. The van der Waals surface area contributed by atoms with Crippen LogP contribution in [-0.4, -0.2) is 59.2 Å². The number of halogens is 1. The molecule has 1 N–H and O–H groups in total. The number of hydrogen-bond acceptors (Lipinski definition) is 3. The maximum absolute atomic E-state index is 13.7. The molecule has 0 fully saturated rings. The summed E-state index contributed by atoms with van der Waals surface area (Å²) in [6, 6.07) is 26.1. The van der Waals surface area contributed by atoms with Crippen molar-refractivity contribution >= 4 is 40.0 Å². The maximum Gasteiger partial charge on any atom is 0.242 e. The van der Waals surface area contributed by atoms with E-state index >= 15 is 0 Å². The van der Waals surface area contributed by atoms with Gasteiger partial charge in [-0.15, -0.1) is 11.6 Å². The number of carbonyl (C=O) groups excluding carboxylic acids is 2. The molecule has 1 heterocycles. The summed E-state index contributed by atoms with van der Waals surface area (Å²) in [5, 5.41) is 0.442. The number of alkyl halides is 1. The molecule has 0 bridgehead atoms. The lowest BCUT2D eigenvalue weighted by molar-refractivity contribution is -0.141. The first kappa shape index (κ1) is 27.3. The van der Waals surface area contributed by atoms with Gasteiger partial charge in [-0.3, -0.25) is 9.59 Å². The molecule has 4 rings (SSSR count). The van der Waals surface area contributed by atoms with E-state index in [9.17, 15) is 9.59 Å². The zero-order valence-electron chi connectivity index (χ0n) is 22.2. The highest BCUT2D eigenvalue weighted by atomic mass is 35.5. The van der Waals surface area contributed by atoms with Gasteiger partial charge >= 0.3 is 0 Å². The predicted octanol–water partition coefficient (Wildman–Crippen LogP) is 5.46. The lowest BCUT2D eigenvalue weighted by atomic mass is 10.1. The molecule has 6 nitrogen and oxygen atoms in total. The Bertz CT molecular complexity index is 1350. The van der Waals surface area contributed by atoms with Crippen molar-refractivity contribution in [3.8, 4) is 0 Å². The van der Waals surface area contributed by atoms with Gasteiger partial charge in [-0.2, -0.15) is 0 Å². The monoisotopic (exact) mass is 530 g/mol. The minimum absolute atomic E-state index is 0.0333. The molecule has 1 unspecified atom stereocenters. The molecule has 7 heteroatoms. The van der Waals surface area contributed by atoms with Crippen molar-refractivity contribution in [2.24, 2.45) is 0 Å². The van der Waals surface area contributed by atoms with E-state index in [2.05, 4.69) is 41.4 Å². The summed E-state index contributed by atoms with van der Waals surface area (Å²) >= 11 is 6.18. The van der Waals surface area contributed by atoms with E-state index in [4.69, 9.17) is 11.6 Å². The molecular formula is C31H35ClN4O2. The van der Waals surface area contributed by atoms with Gasteiger partial charge < -0.3 is 19.7 Å². The van der Waals surface area contributed by atoms with Crippen LogP contribution in [-0.2, 0) is 29.1 Å². The van der Waals surface area contributed by atoms with Crippen LogP contribution in [0.3, 0.4) is 0 Å². The topological polar surface area (TPSA) is 59.7 Å². The molecule has 0 spiro atoms. The fourth-order valence-corrected chi connectivity index (χ4v) is 4.67. The van der Waals surface area contributed by atoms with E-state index < -0.39 is 5.38 Å². The highest BCUT2D eigenvalue weighted by Crippen LogP contribution is 2.20. The molecule has 1 aromatic heterocycles. The molecule has 0 saturated carbocycles. The number of nitrogens with zero attached hydrogens (tertiary/aromatic N) is 3. The number of carbonyl (C=O) groups is 2. The largest absolute Gasteiger partial charge is 0.378 e. The highest BCUT2D eigenvalue weighted by molar-refractivity contribution is 6.30. The lowest BCUT2D eigenvalue weighted by Crippen LogP contribution is -2.44. The van der Waals surface area contributed by atoms with Crippen LogP contribution in [0.1, 0.15) is 23.6 Å². The molecule has 1 atom stereocenters. The van der Waals surface area contributed by atoms with Crippen LogP contribution in [0.5, 0.6) is 0 Å². The van der Waals surface area contributed by atoms with Crippen LogP contribution in [0.2, 0.25) is 0 Å². The number of aromatic nitrogens is 1. The third-order valence-corrected chi connectivity index (χ3v) is 6.89. The first-order valence-electron chi connectivity index (χ1n) is 12.9. The second-order valence-corrected chi connectivity index (χ2v) is 10.4. The number of aromatic amines is 1. The smallest absolute Gasteiger partial charge is 0.242 e. The fourth-order valence-electron chi connectivity index (χ4n) is 4.54. The average Bonchev–Trinajstić information content (AvgIpc) is 3.34. The summed E-state index contributed by atoms with van der Waals surface area (Å²) in [6.45, 7) is 2.93. The summed E-state index contributed by atoms with van der Waals surface area (Å²) in [5.74, 6) is -0.362. The predicted molar refractivity (Wildman–Crippen MR) is 155 cm³/mol. The Morgan fingerprint density at radius 3 is 2.16 bits per heavy atom. The Labute approximate surface area is 229 Å². The Kier molecular flexibility index (Phi) is 9.08. The minimum Gasteiger partial charge on any atom is -0.378 e. The third kappa shape index (κ3) is 6.95. The normalized spacial score (nSPS) is 11.8. The number of rotatable bonds is 11. The summed E-state index contributed by atoms with van der Waals surface area (Å²) in [4.78, 5) is 35.5. The van der Waals surface area contributed by atoms with Crippen LogP contribution in [0.15, 0.2) is 85.1 Å². The van der Waals surface area contributed by atoms with E-state index in [1.54, 1.807) is 11.8 Å². The number of nitrogens with one attached hydrogen (secondary N) is 1. The van der Waals surface area contributed by atoms with E-state index in [-0.39, 0.29) is 18.4 Å². The molecule has 0 aliphatic rings. The summed E-state index contributed by atoms with van der Waals surface area (Å²) in [6.07, 6.45) is 2.71. The van der Waals surface area contributed by atoms with Gasteiger partial charge in [-0.05, 0) is 48.2 Å². The van der Waals surface area contributed by atoms with Crippen molar-refractivity contribution in [3.63, 3.8) is 0 Å². The molecule has 0 aliphatic carbocycles. The number of anilines is 1. The van der Waals surface area contributed by atoms with E-state index in [1.165, 1.54) is 0 Å². The van der Waals surface area contributed by atoms with Crippen molar-refractivity contribution < 1.29 is 9.59 Å². The maximum atomic E-state index is 13.7. The van der Waals surface area contributed by atoms with Gasteiger partial charge in [0.1, 0.15) is 11.9 Å². The van der Waals surface area contributed by atoms with Gasteiger partial charge in [0.25, 0.3) is 0 Å². The average molecular weight is 531 g/mol. The van der Waals surface area contributed by atoms with Gasteiger partial charge in [0.2, 0.25) is 11.8 Å². The summed E-state index contributed by atoms with van der Waals surface area (Å²) in [7, 11) is 4.00. The molecular weight excluding hydrogens is 496 g/mol. The molecule has 198 valence electrons. The Morgan fingerprint density at radius 2 is 1.47 bits per heavy atom. The van der Waals surface area contributed by atoms with Gasteiger partial charge in [-0.25, -0.2) is 0 Å². The number of amides is 2. The van der Waals surface area contributed by atoms with Gasteiger partial charge in [0.15, 0.2) is 0 Å². The van der Waals surface area contributed by atoms with Crippen LogP contribution in [0.4, 0.5) is 5.69 Å². The van der Waals surface area contributed by atoms with E-state index in [0.29, 0.717) is 26.1 Å². The van der Waals surface area contributed by atoms with Crippen LogP contribution >= 0.6 is 11.6 Å². The quantitative estimate of drug-likeness (QED) is 0.262. The second kappa shape index (κ2) is 12.7. The van der Waals surface area contributed by atoms with Crippen LogP contribution in [0, 0.1) is 0 Å². The number of benzene rings is 3. The zero-order chi connectivity index (χ0) is 27.1. The first-order valence-corrected chi connectivity index (χ1v) is 13.3. The molecule has 2 amide bonds. The van der Waals surface area contributed by atoms with Crippen molar-refractivity contribution in [1.82, 2.24) is 14.8 Å². The molecule has 38 heavy (non-hydrogen) atoms. The highest BCUT2D eigenvalue weighted by Gasteiger charge is 2.24. The molecule has 4 aromatic rings. The molecule has 0 aliphatic heterocycles. The lowest BCUT2D eigenvalue weighted by Gasteiger charge is -2.29. The number of H-pyrrole nitrogens is 1. The van der Waals surface area contributed by atoms with Crippen LogP contribution in [0.25, 0.3) is 10.9 Å². The van der Waals surface area contributed by atoms with Crippen molar-refractivity contribution in [2.45, 2.75) is 31.8 Å². The Balaban J connectivity index is 1.55. The van der Waals surface area contributed by atoms with E-state index in [0.717, 1.165) is 33.3 Å². The second-order valence-electron chi connectivity index (χ2n) is 9.78. The number of hydrogen-bond donors (Lipinski definition) is 1. The molecule has 0 radical (unpaired) electrons. The van der Waals surface area contributed by atoms with Crippen molar-refractivity contribution in [1.29, 1.82) is 0 Å². The SMILES string of the molecule is CC(Cl)C(=O)N(CC(=O)N(CCc1c[nH]c2ccccc12)Cc1ccc(N(C)C)cc1)Cc1ccccc1. The van der Waals surface area contributed by atoms with Gasteiger partial charge in [0, 0.05) is 56.5 Å². The zero-order valence-corrected chi connectivity index (χ0v) is 23.0. The third-order valence-electron chi connectivity index (χ3n) is 6.70. The fraction of sp³-hybridized carbons (Fsp3) is 0.290. The van der Waals surface area contributed by atoms with Crippen LogP contribution < -0.4 is 4.90 Å². The minimum atomic E-state index is -0.718. The Morgan fingerprint density at radius 1 is 0.842 bits per heavy atom. The number of para-hydroxylation sites is 1. The molecule has 0 saturated heterocycles. The van der Waals surface area contributed by atoms with Crippen molar-refractivity contribution in [3.05, 3.63) is 102 Å². The van der Waals surface area contributed by atoms with E-state index in [1.807, 2.05) is 72.6 Å². The van der Waals surface area contributed by atoms with Gasteiger partial charge in [0.05, 0.1) is 0 Å².